The zero-order valence-electron chi connectivity index (χ0n) is 14.1. The highest BCUT2D eigenvalue weighted by molar-refractivity contribution is 7.10. The smallest absolute Gasteiger partial charge is 0.224 e. The molecule has 132 valence electrons. The van der Waals surface area contributed by atoms with E-state index in [0.717, 1.165) is 13.0 Å². The third-order valence-corrected chi connectivity index (χ3v) is 5.26. The van der Waals surface area contributed by atoms with E-state index in [0.29, 0.717) is 23.7 Å². The SMILES string of the molecule is COc1ccc(NC(=O)CCC(=O)N2CCc3sccc3C2)cc1N. The summed E-state index contributed by atoms with van der Waals surface area (Å²) in [5, 5.41) is 4.82. The van der Waals surface area contributed by atoms with Crippen LogP contribution in [0.15, 0.2) is 29.6 Å². The van der Waals surface area contributed by atoms with Crippen molar-refractivity contribution in [2.45, 2.75) is 25.8 Å². The zero-order valence-corrected chi connectivity index (χ0v) is 14.9. The van der Waals surface area contributed by atoms with Gasteiger partial charge in [-0.05, 0) is 41.6 Å². The van der Waals surface area contributed by atoms with E-state index in [1.54, 1.807) is 29.5 Å². The lowest BCUT2D eigenvalue weighted by atomic mass is 10.1. The molecule has 2 amide bonds. The van der Waals surface area contributed by atoms with Gasteiger partial charge in [-0.2, -0.15) is 0 Å². The first-order valence-corrected chi connectivity index (χ1v) is 9.01. The molecule has 0 fully saturated rings. The molecule has 0 saturated heterocycles. The molecule has 7 heteroatoms. The Morgan fingerprint density at radius 3 is 2.92 bits per heavy atom. The summed E-state index contributed by atoms with van der Waals surface area (Å²) in [5.41, 5.74) is 8.09. The third-order valence-electron chi connectivity index (χ3n) is 4.24. The third kappa shape index (κ3) is 4.11. The van der Waals surface area contributed by atoms with Crippen LogP contribution in [0.2, 0.25) is 0 Å². The number of ether oxygens (including phenoxy) is 1. The molecular weight excluding hydrogens is 338 g/mol. The van der Waals surface area contributed by atoms with E-state index in [1.807, 2.05) is 4.90 Å². The second-order valence-corrected chi connectivity index (χ2v) is 6.94. The van der Waals surface area contributed by atoms with Crippen LogP contribution in [0.3, 0.4) is 0 Å². The number of fused-ring (bicyclic) bond motifs is 1. The topological polar surface area (TPSA) is 84.7 Å². The van der Waals surface area contributed by atoms with Crippen LogP contribution in [-0.4, -0.2) is 30.4 Å². The van der Waals surface area contributed by atoms with Crippen molar-refractivity contribution in [3.8, 4) is 5.75 Å². The van der Waals surface area contributed by atoms with Gasteiger partial charge in [0.1, 0.15) is 5.75 Å². The molecule has 3 rings (SSSR count). The van der Waals surface area contributed by atoms with E-state index in [1.165, 1.54) is 17.6 Å². The van der Waals surface area contributed by atoms with Gasteiger partial charge in [-0.15, -0.1) is 11.3 Å². The number of hydrogen-bond acceptors (Lipinski definition) is 5. The standard InChI is InChI=1S/C18H21N3O3S/c1-24-15-3-2-13(10-14(15)19)20-17(22)4-5-18(23)21-8-6-16-12(11-21)7-9-25-16/h2-3,7,9-10H,4-6,8,11,19H2,1H3,(H,20,22). The van der Waals surface area contributed by atoms with Gasteiger partial charge in [0.15, 0.2) is 0 Å². The number of benzene rings is 1. The molecule has 2 heterocycles. The number of rotatable bonds is 5. The molecule has 1 aliphatic heterocycles. The summed E-state index contributed by atoms with van der Waals surface area (Å²) < 4.78 is 5.08. The van der Waals surface area contributed by atoms with Gasteiger partial charge in [0.05, 0.1) is 12.8 Å². The van der Waals surface area contributed by atoms with Gasteiger partial charge in [-0.1, -0.05) is 0 Å². The van der Waals surface area contributed by atoms with Crippen LogP contribution in [0.25, 0.3) is 0 Å². The van der Waals surface area contributed by atoms with Crippen LogP contribution in [0.5, 0.6) is 5.75 Å². The molecule has 1 aromatic heterocycles. The van der Waals surface area contributed by atoms with Crippen LogP contribution >= 0.6 is 11.3 Å². The molecule has 0 atom stereocenters. The Kier molecular flexibility index (Phi) is 5.23. The maximum Gasteiger partial charge on any atom is 0.224 e. The minimum atomic E-state index is -0.203. The minimum absolute atomic E-state index is 0.0150. The monoisotopic (exact) mass is 359 g/mol. The predicted molar refractivity (Wildman–Crippen MR) is 98.7 cm³/mol. The Morgan fingerprint density at radius 1 is 1.32 bits per heavy atom. The summed E-state index contributed by atoms with van der Waals surface area (Å²) in [5.74, 6) is 0.374. The number of hydrogen-bond donors (Lipinski definition) is 2. The second-order valence-electron chi connectivity index (χ2n) is 5.94. The average Bonchev–Trinajstić information content (AvgIpc) is 3.07. The predicted octanol–water partition coefficient (Wildman–Crippen LogP) is 2.64. The number of nitrogen functional groups attached to an aromatic ring is 1. The molecule has 0 aliphatic carbocycles. The fraction of sp³-hybridized carbons (Fsp3) is 0.333. The Labute approximate surface area is 150 Å². The van der Waals surface area contributed by atoms with Crippen molar-refractivity contribution < 1.29 is 14.3 Å². The number of carbonyl (C=O) groups is 2. The van der Waals surface area contributed by atoms with Crippen LogP contribution < -0.4 is 15.8 Å². The first-order valence-electron chi connectivity index (χ1n) is 8.13. The lowest BCUT2D eigenvalue weighted by molar-refractivity contribution is -0.133. The molecule has 6 nitrogen and oxygen atoms in total. The molecule has 0 radical (unpaired) electrons. The highest BCUT2D eigenvalue weighted by Gasteiger charge is 2.21. The number of nitrogens with two attached hydrogens (primary N) is 1. The lowest BCUT2D eigenvalue weighted by Gasteiger charge is -2.27. The summed E-state index contributed by atoms with van der Waals surface area (Å²) >= 11 is 1.74. The maximum atomic E-state index is 12.3. The summed E-state index contributed by atoms with van der Waals surface area (Å²) in [4.78, 5) is 27.6. The quantitative estimate of drug-likeness (QED) is 0.804. The van der Waals surface area contributed by atoms with Crippen molar-refractivity contribution in [2.24, 2.45) is 0 Å². The van der Waals surface area contributed by atoms with E-state index in [4.69, 9.17) is 10.5 Å². The van der Waals surface area contributed by atoms with Crippen LogP contribution in [0.1, 0.15) is 23.3 Å². The van der Waals surface area contributed by atoms with Crippen LogP contribution in [-0.2, 0) is 22.6 Å². The van der Waals surface area contributed by atoms with Gasteiger partial charge in [-0.3, -0.25) is 9.59 Å². The maximum absolute atomic E-state index is 12.3. The van der Waals surface area contributed by atoms with E-state index in [2.05, 4.69) is 16.8 Å². The summed E-state index contributed by atoms with van der Waals surface area (Å²) in [6.07, 6.45) is 1.25. The first kappa shape index (κ1) is 17.3. The largest absolute Gasteiger partial charge is 0.495 e. The highest BCUT2D eigenvalue weighted by atomic mass is 32.1. The van der Waals surface area contributed by atoms with E-state index >= 15 is 0 Å². The molecule has 0 spiro atoms. The van der Waals surface area contributed by atoms with Crippen molar-refractivity contribution in [1.82, 2.24) is 4.90 Å². The highest BCUT2D eigenvalue weighted by Crippen LogP contribution is 2.25. The van der Waals surface area contributed by atoms with E-state index in [-0.39, 0.29) is 24.7 Å². The Bertz CT molecular complexity index is 788. The van der Waals surface area contributed by atoms with Crippen molar-refractivity contribution in [1.29, 1.82) is 0 Å². The Balaban J connectivity index is 1.49. The normalized spacial score (nSPS) is 13.2. The van der Waals surface area contributed by atoms with Crippen molar-refractivity contribution in [2.75, 3.05) is 24.7 Å². The Hall–Kier alpha value is -2.54. The number of amides is 2. The number of thiophene rings is 1. The zero-order chi connectivity index (χ0) is 17.8. The first-order chi connectivity index (χ1) is 12.1. The van der Waals surface area contributed by atoms with Gasteiger partial charge in [-0.25, -0.2) is 0 Å². The van der Waals surface area contributed by atoms with Crippen LogP contribution in [0.4, 0.5) is 11.4 Å². The minimum Gasteiger partial charge on any atom is -0.495 e. The van der Waals surface area contributed by atoms with Crippen molar-refractivity contribution in [3.05, 3.63) is 40.1 Å². The van der Waals surface area contributed by atoms with E-state index < -0.39 is 0 Å². The summed E-state index contributed by atoms with van der Waals surface area (Å²) in [7, 11) is 1.54. The van der Waals surface area contributed by atoms with Crippen molar-refractivity contribution in [3.63, 3.8) is 0 Å². The molecular formula is C18H21N3O3S. The average molecular weight is 359 g/mol. The van der Waals surface area contributed by atoms with Crippen molar-refractivity contribution >= 4 is 34.5 Å². The van der Waals surface area contributed by atoms with E-state index in [9.17, 15) is 9.59 Å². The molecule has 1 aromatic carbocycles. The molecule has 3 N–H and O–H groups in total. The molecule has 25 heavy (non-hydrogen) atoms. The van der Waals surface area contributed by atoms with Gasteiger partial charge in [0.2, 0.25) is 11.8 Å². The number of nitrogens with one attached hydrogen (secondary N) is 1. The number of methoxy groups -OCH3 is 1. The second kappa shape index (κ2) is 7.57. The summed E-state index contributed by atoms with van der Waals surface area (Å²) in [6, 6.07) is 7.13. The molecule has 2 aromatic rings. The molecule has 1 aliphatic rings. The Morgan fingerprint density at radius 2 is 2.16 bits per heavy atom. The molecule has 0 unspecified atom stereocenters. The number of carbonyl (C=O) groups excluding carboxylic acids is 2. The van der Waals surface area contributed by atoms with Gasteiger partial charge < -0.3 is 20.7 Å². The number of nitrogens with zero attached hydrogens (tertiary/aromatic N) is 1. The molecule has 0 saturated carbocycles. The van der Waals surface area contributed by atoms with Gasteiger partial charge in [0.25, 0.3) is 0 Å². The lowest BCUT2D eigenvalue weighted by Crippen LogP contribution is -2.35. The fourth-order valence-corrected chi connectivity index (χ4v) is 3.77. The number of anilines is 2. The van der Waals surface area contributed by atoms with Gasteiger partial charge in [0, 0.05) is 36.5 Å². The fourth-order valence-electron chi connectivity index (χ4n) is 2.88. The molecule has 0 bridgehead atoms. The summed E-state index contributed by atoms with van der Waals surface area (Å²) in [6.45, 7) is 1.37. The van der Waals surface area contributed by atoms with Gasteiger partial charge >= 0.3 is 0 Å². The van der Waals surface area contributed by atoms with Crippen LogP contribution in [0, 0.1) is 0 Å².